The maximum atomic E-state index is 11.7. The van der Waals surface area contributed by atoms with Crippen LogP contribution in [0.15, 0.2) is 24.3 Å². The van der Waals surface area contributed by atoms with Crippen molar-refractivity contribution in [1.82, 2.24) is 0 Å². The summed E-state index contributed by atoms with van der Waals surface area (Å²) in [5, 5.41) is 0. The fourth-order valence-electron chi connectivity index (χ4n) is 0.796. The van der Waals surface area contributed by atoms with E-state index in [0.717, 1.165) is 0 Å². The first-order valence-electron chi connectivity index (χ1n) is 3.30. The molecule has 0 spiro atoms. The van der Waals surface area contributed by atoms with Crippen LogP contribution in [0.25, 0.3) is 0 Å². The summed E-state index contributed by atoms with van der Waals surface area (Å²) in [4.78, 5) is 0. The molecule has 0 heterocycles. The van der Waals surface area contributed by atoms with Gasteiger partial charge >= 0.3 is 76.2 Å². The molecule has 0 N–H and O–H groups in total. The molecule has 0 bridgehead atoms. The third kappa shape index (κ3) is 2.80. The van der Waals surface area contributed by atoms with Crippen LogP contribution in [0.3, 0.4) is 0 Å². The normalized spacial score (nSPS) is 11.4. The molecule has 0 unspecified atom stereocenters. The Labute approximate surface area is 76.7 Å². The molecule has 0 saturated heterocycles. The molecule has 0 radical (unpaired) electrons. The first-order valence-corrected chi connectivity index (χ1v) is 3.30. The van der Waals surface area contributed by atoms with Gasteiger partial charge < -0.3 is 0 Å². The number of hydrogen-bond donors (Lipinski definition) is 0. The Balaban J connectivity index is 2.83. The Bertz CT molecular complexity index is 272. The zero-order valence-corrected chi connectivity index (χ0v) is 6.35. The van der Waals surface area contributed by atoms with Gasteiger partial charge in [-0.25, -0.2) is 0 Å². The average molecular weight is 168 g/mol. The predicted molar refractivity (Wildman–Crippen MR) is 38.5 cm³/mol. The molecule has 0 aliphatic rings. The van der Waals surface area contributed by atoms with E-state index in [1.54, 1.807) is 29.8 Å². The molecular formula is C7H4F3LiO. The number of rotatable bonds is 1. The summed E-state index contributed by atoms with van der Waals surface area (Å²) >= 11 is 1.56. The van der Waals surface area contributed by atoms with Crippen LogP contribution in [0.2, 0.25) is 0 Å². The number of benzene rings is 1. The first kappa shape index (κ1) is 9.50. The van der Waals surface area contributed by atoms with Crippen LogP contribution in [-0.4, -0.2) is 24.1 Å². The molecule has 0 fully saturated rings. The summed E-state index contributed by atoms with van der Waals surface area (Å²) in [5.74, 6) is -0.148. The zero-order valence-electron chi connectivity index (χ0n) is 6.35. The molecular weight excluding hydrogens is 164 g/mol. The number of ether oxygens (including phenoxy) is 1. The summed E-state index contributed by atoms with van der Waals surface area (Å²) in [6.45, 7) is 0. The molecule has 5 heteroatoms. The van der Waals surface area contributed by atoms with Gasteiger partial charge in [-0.3, -0.25) is 0 Å². The van der Waals surface area contributed by atoms with Gasteiger partial charge in [-0.1, -0.05) is 0 Å². The van der Waals surface area contributed by atoms with Gasteiger partial charge in [-0.2, -0.15) is 0 Å². The third-order valence-electron chi connectivity index (χ3n) is 1.32. The minimum absolute atomic E-state index is 0.148. The van der Waals surface area contributed by atoms with E-state index in [0.29, 0.717) is 4.24 Å². The number of hydrogen-bond acceptors (Lipinski definition) is 1. The molecule has 0 amide bonds. The molecule has 0 aromatic heterocycles. The van der Waals surface area contributed by atoms with E-state index in [9.17, 15) is 13.2 Å². The van der Waals surface area contributed by atoms with E-state index in [-0.39, 0.29) is 5.75 Å². The van der Waals surface area contributed by atoms with Crippen LogP contribution in [0, 0.1) is 0 Å². The van der Waals surface area contributed by atoms with Crippen molar-refractivity contribution in [3.63, 3.8) is 0 Å². The van der Waals surface area contributed by atoms with Gasteiger partial charge in [0.2, 0.25) is 0 Å². The molecule has 0 saturated carbocycles. The Morgan fingerprint density at radius 3 is 2.25 bits per heavy atom. The number of para-hydroxylation sites is 1. The topological polar surface area (TPSA) is 9.23 Å². The van der Waals surface area contributed by atoms with Gasteiger partial charge in [-0.15, -0.1) is 0 Å². The third-order valence-corrected chi connectivity index (χ3v) is 1.32. The summed E-state index contributed by atoms with van der Waals surface area (Å²) in [5.41, 5.74) is 0. The van der Waals surface area contributed by atoms with Gasteiger partial charge in [0.1, 0.15) is 0 Å². The molecule has 60 valence electrons. The van der Waals surface area contributed by atoms with Crippen molar-refractivity contribution in [2.45, 2.75) is 6.36 Å². The van der Waals surface area contributed by atoms with Gasteiger partial charge in [0, 0.05) is 0 Å². The Morgan fingerprint density at radius 2 is 1.75 bits per heavy atom. The predicted octanol–water partition coefficient (Wildman–Crippen LogP) is 1.38. The van der Waals surface area contributed by atoms with Crippen LogP contribution >= 0.6 is 0 Å². The molecule has 0 aliphatic carbocycles. The van der Waals surface area contributed by atoms with Gasteiger partial charge in [0.15, 0.2) is 0 Å². The minimum atomic E-state index is -4.61. The molecule has 0 aliphatic heterocycles. The Kier molecular flexibility index (Phi) is 2.71. The zero-order chi connectivity index (χ0) is 9.19. The van der Waals surface area contributed by atoms with Crippen molar-refractivity contribution in [2.24, 2.45) is 0 Å². The summed E-state index contributed by atoms with van der Waals surface area (Å²) in [6.07, 6.45) is -4.61. The van der Waals surface area contributed by atoms with E-state index < -0.39 is 6.36 Å². The van der Waals surface area contributed by atoms with Gasteiger partial charge in [0.05, 0.1) is 0 Å². The van der Waals surface area contributed by atoms with Gasteiger partial charge in [-0.05, 0) is 0 Å². The number of alkyl halides is 3. The van der Waals surface area contributed by atoms with Crippen molar-refractivity contribution in [3.05, 3.63) is 24.3 Å². The van der Waals surface area contributed by atoms with E-state index in [1.165, 1.54) is 12.1 Å². The molecule has 12 heavy (non-hydrogen) atoms. The van der Waals surface area contributed by atoms with Crippen molar-refractivity contribution < 1.29 is 17.9 Å². The second-order valence-electron chi connectivity index (χ2n) is 2.31. The fourth-order valence-corrected chi connectivity index (χ4v) is 0.796. The van der Waals surface area contributed by atoms with Crippen LogP contribution in [0.5, 0.6) is 5.75 Å². The quantitative estimate of drug-likeness (QED) is 0.575. The van der Waals surface area contributed by atoms with Crippen LogP contribution in [0.4, 0.5) is 13.2 Å². The second-order valence-corrected chi connectivity index (χ2v) is 2.31. The monoisotopic (exact) mass is 168 g/mol. The molecule has 1 rings (SSSR count). The van der Waals surface area contributed by atoms with E-state index >= 15 is 0 Å². The van der Waals surface area contributed by atoms with Crippen LogP contribution < -0.4 is 8.97 Å². The second kappa shape index (κ2) is 3.42. The standard InChI is InChI=1S/C7H4F3O.Li/c8-7(9,10)11-6-4-2-1-3-5-6;/h1-4H;. The van der Waals surface area contributed by atoms with Crippen molar-refractivity contribution in [3.8, 4) is 5.75 Å². The Morgan fingerprint density at radius 1 is 1.17 bits per heavy atom. The van der Waals surface area contributed by atoms with Crippen LogP contribution in [-0.2, 0) is 0 Å². The van der Waals surface area contributed by atoms with Crippen molar-refractivity contribution >= 4 is 22.0 Å². The molecule has 1 aromatic rings. The average Bonchev–Trinajstić information content (AvgIpc) is 1.91. The summed E-state index contributed by atoms with van der Waals surface area (Å²) < 4.78 is 39.3. The van der Waals surface area contributed by atoms with E-state index in [4.69, 9.17) is 0 Å². The maximum absolute atomic E-state index is 11.7. The van der Waals surface area contributed by atoms with Crippen molar-refractivity contribution in [1.29, 1.82) is 0 Å². The summed E-state index contributed by atoms with van der Waals surface area (Å²) in [6, 6.07) is 5.98. The number of halogens is 3. The van der Waals surface area contributed by atoms with Crippen LogP contribution in [0.1, 0.15) is 0 Å². The SMILES string of the molecule is [Li][c]1ccccc1OC(F)(F)F. The molecule has 0 atom stereocenters. The van der Waals surface area contributed by atoms with E-state index in [2.05, 4.69) is 4.74 Å². The first-order chi connectivity index (χ1) is 5.49. The van der Waals surface area contributed by atoms with Gasteiger partial charge in [0.25, 0.3) is 0 Å². The van der Waals surface area contributed by atoms with Crippen molar-refractivity contribution in [2.75, 3.05) is 0 Å². The van der Waals surface area contributed by atoms with E-state index in [1.807, 2.05) is 0 Å². The fraction of sp³-hybridized carbons (Fsp3) is 0.143. The molecule has 1 nitrogen and oxygen atoms in total. The molecule has 1 aromatic carbocycles. The Hall–Kier alpha value is -0.593. The summed E-state index contributed by atoms with van der Waals surface area (Å²) in [7, 11) is 0.